The molecule has 2 aromatic rings. The average molecular weight is 399 g/mol. The number of piperidine rings is 1. The monoisotopic (exact) mass is 399 g/mol. The number of amides is 1. The zero-order valence-corrected chi connectivity index (χ0v) is 17.1. The number of benzene rings is 1. The molecule has 1 atom stereocenters. The first kappa shape index (κ1) is 19.7. The Balaban J connectivity index is 1.47. The van der Waals surface area contributed by atoms with Crippen molar-refractivity contribution in [3.8, 4) is 11.5 Å². The molecule has 1 saturated heterocycles. The van der Waals surface area contributed by atoms with Gasteiger partial charge in [-0.3, -0.25) is 4.79 Å². The maximum atomic E-state index is 13.3. The highest BCUT2D eigenvalue weighted by atomic mass is 16.6. The molecule has 2 aliphatic rings. The minimum Gasteiger partial charge on any atom is -0.486 e. The van der Waals surface area contributed by atoms with Crippen LogP contribution in [0.5, 0.6) is 11.5 Å². The Morgan fingerprint density at radius 2 is 2.03 bits per heavy atom. The third-order valence-electron chi connectivity index (χ3n) is 5.56. The predicted molar refractivity (Wildman–Crippen MR) is 108 cm³/mol. The van der Waals surface area contributed by atoms with Gasteiger partial charge in [-0.15, -0.1) is 5.10 Å². The Kier molecular flexibility index (Phi) is 5.99. The Morgan fingerprint density at radius 3 is 2.79 bits per heavy atom. The van der Waals surface area contributed by atoms with Gasteiger partial charge in [0.2, 0.25) is 0 Å². The van der Waals surface area contributed by atoms with Gasteiger partial charge in [-0.25, -0.2) is 4.68 Å². The summed E-state index contributed by atoms with van der Waals surface area (Å²) in [5, 5.41) is 11.9. The molecule has 8 heteroatoms. The van der Waals surface area contributed by atoms with Crippen LogP contribution in [-0.2, 0) is 0 Å². The van der Waals surface area contributed by atoms with Crippen molar-refractivity contribution in [1.82, 2.24) is 25.2 Å². The highest BCUT2D eigenvalue weighted by molar-refractivity contribution is 5.93. The predicted octanol–water partition coefficient (Wildman–Crippen LogP) is 2.20. The van der Waals surface area contributed by atoms with E-state index < -0.39 is 0 Å². The lowest BCUT2D eigenvalue weighted by atomic mass is 10.1. The molecule has 0 saturated carbocycles. The number of nitrogens with zero attached hydrogens (tertiary/aromatic N) is 4. The second-order valence-corrected chi connectivity index (χ2v) is 7.70. The van der Waals surface area contributed by atoms with Crippen LogP contribution in [0.3, 0.4) is 0 Å². The van der Waals surface area contributed by atoms with Gasteiger partial charge in [-0.2, -0.15) is 0 Å². The normalized spacial score (nSPS) is 19.2. The first-order valence-electron chi connectivity index (χ1n) is 10.5. The second kappa shape index (κ2) is 8.82. The Hall–Kier alpha value is -2.61. The van der Waals surface area contributed by atoms with Crippen LogP contribution in [0.25, 0.3) is 0 Å². The summed E-state index contributed by atoms with van der Waals surface area (Å²) in [5.74, 6) is 1.38. The molecule has 0 aliphatic carbocycles. The summed E-state index contributed by atoms with van der Waals surface area (Å²) in [7, 11) is 0. The molecule has 8 nitrogen and oxygen atoms in total. The smallest absolute Gasteiger partial charge is 0.276 e. The quantitative estimate of drug-likeness (QED) is 0.802. The number of hydrogen-bond acceptors (Lipinski definition) is 6. The maximum Gasteiger partial charge on any atom is 0.276 e. The largest absolute Gasteiger partial charge is 0.486 e. The van der Waals surface area contributed by atoms with E-state index in [9.17, 15) is 4.79 Å². The van der Waals surface area contributed by atoms with Crippen molar-refractivity contribution >= 4 is 5.91 Å². The number of aromatic nitrogens is 3. The van der Waals surface area contributed by atoms with Gasteiger partial charge in [-0.05, 0) is 51.4 Å². The van der Waals surface area contributed by atoms with Gasteiger partial charge in [0.15, 0.2) is 23.3 Å². The molecule has 29 heavy (non-hydrogen) atoms. The van der Waals surface area contributed by atoms with E-state index in [4.69, 9.17) is 9.47 Å². The molecule has 1 N–H and O–H groups in total. The molecule has 1 aromatic carbocycles. The van der Waals surface area contributed by atoms with E-state index in [1.807, 2.05) is 40.8 Å². The van der Waals surface area contributed by atoms with Gasteiger partial charge in [-0.1, -0.05) is 24.3 Å². The van der Waals surface area contributed by atoms with Gasteiger partial charge in [0.1, 0.15) is 6.61 Å². The molecule has 2 aliphatic heterocycles. The third-order valence-corrected chi connectivity index (χ3v) is 5.56. The Morgan fingerprint density at radius 1 is 1.28 bits per heavy atom. The molecule has 3 heterocycles. The van der Waals surface area contributed by atoms with Crippen LogP contribution in [0, 0.1) is 6.92 Å². The number of para-hydroxylation sites is 2. The zero-order chi connectivity index (χ0) is 20.2. The average Bonchev–Trinajstić information content (AvgIpc) is 3.14. The van der Waals surface area contributed by atoms with E-state index >= 15 is 0 Å². The van der Waals surface area contributed by atoms with Crippen LogP contribution in [0.1, 0.15) is 48.4 Å². The van der Waals surface area contributed by atoms with E-state index in [-0.39, 0.29) is 12.0 Å². The molecular formula is C21H29N5O3. The number of rotatable bonds is 6. The van der Waals surface area contributed by atoms with E-state index in [2.05, 4.69) is 22.6 Å². The number of carbonyl (C=O) groups is 1. The number of nitrogens with one attached hydrogen (secondary N) is 1. The summed E-state index contributed by atoms with van der Waals surface area (Å²) in [6, 6.07) is 7.92. The lowest BCUT2D eigenvalue weighted by Crippen LogP contribution is -2.44. The number of ether oxygens (including phenoxy) is 2. The number of fused-ring (bicyclic) bond motifs is 1. The molecule has 1 aromatic heterocycles. The maximum absolute atomic E-state index is 13.3. The van der Waals surface area contributed by atoms with Gasteiger partial charge < -0.3 is 19.7 Å². The van der Waals surface area contributed by atoms with Crippen molar-refractivity contribution in [2.24, 2.45) is 0 Å². The van der Waals surface area contributed by atoms with Gasteiger partial charge >= 0.3 is 0 Å². The molecule has 0 bridgehead atoms. The summed E-state index contributed by atoms with van der Waals surface area (Å²) >= 11 is 0. The van der Waals surface area contributed by atoms with E-state index in [0.717, 1.165) is 49.5 Å². The minimum absolute atomic E-state index is 0.0907. The third kappa shape index (κ3) is 4.22. The zero-order valence-electron chi connectivity index (χ0n) is 17.1. The molecule has 0 spiro atoms. The number of hydrogen-bond donors (Lipinski definition) is 1. The van der Waals surface area contributed by atoms with Crippen LogP contribution >= 0.6 is 0 Å². The van der Waals surface area contributed by atoms with Crippen LogP contribution in [0.2, 0.25) is 0 Å². The van der Waals surface area contributed by atoms with Crippen LogP contribution in [0.4, 0.5) is 0 Å². The fourth-order valence-electron chi connectivity index (χ4n) is 4.03. The van der Waals surface area contributed by atoms with E-state index in [1.54, 1.807) is 0 Å². The fourth-order valence-corrected chi connectivity index (χ4v) is 4.03. The second-order valence-electron chi connectivity index (χ2n) is 7.70. The summed E-state index contributed by atoms with van der Waals surface area (Å²) in [4.78, 5) is 15.1. The fraction of sp³-hybridized carbons (Fsp3) is 0.571. The van der Waals surface area contributed by atoms with Crippen LogP contribution in [0.15, 0.2) is 24.3 Å². The van der Waals surface area contributed by atoms with Crippen molar-refractivity contribution in [3.63, 3.8) is 0 Å². The van der Waals surface area contributed by atoms with Crippen LogP contribution < -0.4 is 14.8 Å². The standard InChI is InChI=1S/C21H29N5O3/c1-3-12-25(13-17-14-28-18-6-4-5-7-19(18)29-17)21(27)20-15(2)26(24-23-20)16-8-10-22-11-9-16/h4-7,16-17,22H,3,8-14H2,1-2H3. The molecule has 1 amide bonds. The number of carbonyl (C=O) groups excluding carboxylic acids is 1. The molecule has 4 rings (SSSR count). The van der Waals surface area contributed by atoms with E-state index in [1.165, 1.54) is 0 Å². The molecule has 156 valence electrons. The molecule has 1 unspecified atom stereocenters. The van der Waals surface area contributed by atoms with Crippen molar-refractivity contribution in [2.75, 3.05) is 32.8 Å². The van der Waals surface area contributed by atoms with E-state index in [0.29, 0.717) is 31.4 Å². The summed E-state index contributed by atoms with van der Waals surface area (Å²) in [6.45, 7) is 7.46. The lowest BCUT2D eigenvalue weighted by Gasteiger charge is -2.31. The van der Waals surface area contributed by atoms with Gasteiger partial charge in [0.25, 0.3) is 5.91 Å². The molecule has 1 fully saturated rings. The topological polar surface area (TPSA) is 81.5 Å². The summed E-state index contributed by atoms with van der Waals surface area (Å²) in [5.41, 5.74) is 1.28. The molecule has 0 radical (unpaired) electrons. The first-order chi connectivity index (χ1) is 14.2. The SMILES string of the molecule is CCCN(CC1COc2ccccc2O1)C(=O)c1nnn(C2CCNCC2)c1C. The lowest BCUT2D eigenvalue weighted by molar-refractivity contribution is 0.0458. The summed E-state index contributed by atoms with van der Waals surface area (Å²) in [6.07, 6.45) is 2.66. The van der Waals surface area contributed by atoms with Crippen LogP contribution in [-0.4, -0.2) is 64.7 Å². The van der Waals surface area contributed by atoms with Crippen molar-refractivity contribution in [2.45, 2.75) is 45.3 Å². The highest BCUT2D eigenvalue weighted by Gasteiger charge is 2.29. The summed E-state index contributed by atoms with van der Waals surface area (Å²) < 4.78 is 13.8. The van der Waals surface area contributed by atoms with Crippen molar-refractivity contribution in [3.05, 3.63) is 35.7 Å². The highest BCUT2D eigenvalue weighted by Crippen LogP contribution is 2.31. The van der Waals surface area contributed by atoms with Gasteiger partial charge in [0, 0.05) is 6.54 Å². The van der Waals surface area contributed by atoms with Crippen molar-refractivity contribution < 1.29 is 14.3 Å². The Labute approximate surface area is 171 Å². The van der Waals surface area contributed by atoms with Gasteiger partial charge in [0.05, 0.1) is 18.3 Å². The first-order valence-corrected chi connectivity index (χ1v) is 10.5. The molecular weight excluding hydrogens is 370 g/mol. The van der Waals surface area contributed by atoms with Crippen molar-refractivity contribution in [1.29, 1.82) is 0 Å². The minimum atomic E-state index is -0.208. The Bertz CT molecular complexity index is 847.